The van der Waals surface area contributed by atoms with E-state index in [1.807, 2.05) is 20.8 Å². The molecule has 0 spiro atoms. The van der Waals surface area contributed by atoms with E-state index in [4.69, 9.17) is 0 Å². The van der Waals surface area contributed by atoms with Gasteiger partial charge in [-0.2, -0.15) is 0 Å². The van der Waals surface area contributed by atoms with Gasteiger partial charge < -0.3 is 10.2 Å². The Bertz CT molecular complexity index is 234. The van der Waals surface area contributed by atoms with Gasteiger partial charge in [0.2, 0.25) is 0 Å². The summed E-state index contributed by atoms with van der Waals surface area (Å²) in [6, 6.07) is 0. The zero-order chi connectivity index (χ0) is 11.7. The first-order valence-electron chi connectivity index (χ1n) is 5.72. The van der Waals surface area contributed by atoms with Crippen LogP contribution in [0.5, 0.6) is 0 Å². The molecule has 0 aliphatic heterocycles. The lowest BCUT2D eigenvalue weighted by molar-refractivity contribution is -0.164. The van der Waals surface area contributed by atoms with E-state index < -0.39 is 22.9 Å². The Morgan fingerprint density at radius 1 is 1.20 bits per heavy atom. The number of hydrogen-bond acceptors (Lipinski definition) is 2. The maximum Gasteiger partial charge on any atom is 0.309 e. The van der Waals surface area contributed by atoms with E-state index >= 15 is 0 Å². The Labute approximate surface area is 91.5 Å². The highest BCUT2D eigenvalue weighted by atomic mass is 16.4. The van der Waals surface area contributed by atoms with Gasteiger partial charge in [-0.15, -0.1) is 0 Å². The van der Waals surface area contributed by atoms with Crippen LogP contribution in [0.2, 0.25) is 0 Å². The quantitative estimate of drug-likeness (QED) is 0.742. The van der Waals surface area contributed by atoms with Gasteiger partial charge in [-0.05, 0) is 18.3 Å². The molecule has 0 heterocycles. The third kappa shape index (κ3) is 2.71. The van der Waals surface area contributed by atoms with Crippen molar-refractivity contribution in [3.8, 4) is 0 Å². The Morgan fingerprint density at radius 3 is 2.00 bits per heavy atom. The molecule has 2 N–H and O–H groups in total. The maximum absolute atomic E-state index is 11.3. The number of rotatable bonds is 2. The van der Waals surface area contributed by atoms with Crippen LogP contribution in [0.3, 0.4) is 0 Å². The number of aliphatic hydroxyl groups is 1. The average Bonchev–Trinajstić information content (AvgIpc) is 2.00. The molecule has 0 aromatic carbocycles. The third-order valence-corrected chi connectivity index (χ3v) is 3.37. The lowest BCUT2D eigenvalue weighted by atomic mass is 9.65. The van der Waals surface area contributed by atoms with Crippen LogP contribution in [-0.4, -0.2) is 21.8 Å². The van der Waals surface area contributed by atoms with Gasteiger partial charge in [-0.3, -0.25) is 4.79 Å². The Hall–Kier alpha value is -0.570. The van der Waals surface area contributed by atoms with Crippen LogP contribution in [0.15, 0.2) is 0 Å². The summed E-state index contributed by atoms with van der Waals surface area (Å²) >= 11 is 0. The van der Waals surface area contributed by atoms with Crippen LogP contribution in [0, 0.1) is 11.3 Å². The van der Waals surface area contributed by atoms with Gasteiger partial charge in [-0.1, -0.05) is 40.0 Å². The SMILES string of the molecule is CC(C)(C)C(C(=O)O)C1(O)CCCCC1. The van der Waals surface area contributed by atoms with Gasteiger partial charge in [0.05, 0.1) is 11.5 Å². The normalized spacial score (nSPS) is 23.5. The fourth-order valence-corrected chi connectivity index (χ4v) is 2.86. The molecule has 1 fully saturated rings. The van der Waals surface area contributed by atoms with E-state index in [0.717, 1.165) is 19.3 Å². The van der Waals surface area contributed by atoms with Gasteiger partial charge in [0.1, 0.15) is 0 Å². The van der Waals surface area contributed by atoms with Crippen LogP contribution < -0.4 is 0 Å². The Kier molecular flexibility index (Phi) is 3.44. The fraction of sp³-hybridized carbons (Fsp3) is 0.917. The van der Waals surface area contributed by atoms with Crippen molar-refractivity contribution in [3.05, 3.63) is 0 Å². The minimum absolute atomic E-state index is 0.391. The number of aliphatic carboxylic acids is 1. The van der Waals surface area contributed by atoms with E-state index in [2.05, 4.69) is 0 Å². The molecule has 3 nitrogen and oxygen atoms in total. The fourth-order valence-electron chi connectivity index (χ4n) is 2.86. The summed E-state index contributed by atoms with van der Waals surface area (Å²) in [4.78, 5) is 11.3. The second kappa shape index (κ2) is 4.12. The number of carboxylic acid groups (broad SMARTS) is 1. The summed E-state index contributed by atoms with van der Waals surface area (Å²) in [6.45, 7) is 5.66. The molecule has 15 heavy (non-hydrogen) atoms. The smallest absolute Gasteiger partial charge is 0.309 e. The molecule has 0 aromatic heterocycles. The standard InChI is InChI=1S/C12H22O3/c1-11(2,3)9(10(13)14)12(15)7-5-4-6-8-12/h9,15H,4-8H2,1-3H3,(H,13,14). The molecule has 1 rings (SSSR count). The van der Waals surface area contributed by atoms with Crippen LogP contribution in [-0.2, 0) is 4.79 Å². The van der Waals surface area contributed by atoms with Crippen molar-refractivity contribution >= 4 is 5.97 Å². The van der Waals surface area contributed by atoms with E-state index in [1.165, 1.54) is 0 Å². The van der Waals surface area contributed by atoms with Crippen LogP contribution in [0.1, 0.15) is 52.9 Å². The van der Waals surface area contributed by atoms with Crippen molar-refractivity contribution in [3.63, 3.8) is 0 Å². The minimum atomic E-state index is -0.998. The first-order chi connectivity index (χ1) is 6.77. The summed E-state index contributed by atoms with van der Waals surface area (Å²) < 4.78 is 0. The summed E-state index contributed by atoms with van der Waals surface area (Å²) in [5.74, 6) is -1.53. The highest BCUT2D eigenvalue weighted by molar-refractivity contribution is 5.72. The lowest BCUT2D eigenvalue weighted by Crippen LogP contribution is -2.50. The lowest BCUT2D eigenvalue weighted by Gasteiger charge is -2.43. The molecule has 1 unspecified atom stereocenters. The largest absolute Gasteiger partial charge is 0.481 e. The molecule has 1 aliphatic rings. The number of hydrogen-bond donors (Lipinski definition) is 2. The van der Waals surface area contributed by atoms with Crippen molar-refractivity contribution in [2.75, 3.05) is 0 Å². The average molecular weight is 214 g/mol. The van der Waals surface area contributed by atoms with E-state index in [1.54, 1.807) is 0 Å². The zero-order valence-electron chi connectivity index (χ0n) is 9.92. The van der Waals surface area contributed by atoms with Crippen LogP contribution in [0.4, 0.5) is 0 Å². The predicted molar refractivity (Wildman–Crippen MR) is 58.6 cm³/mol. The van der Waals surface area contributed by atoms with Crippen molar-refractivity contribution in [2.24, 2.45) is 11.3 Å². The van der Waals surface area contributed by atoms with Crippen molar-refractivity contribution < 1.29 is 15.0 Å². The first kappa shape index (κ1) is 12.5. The highest BCUT2D eigenvalue weighted by Crippen LogP contribution is 2.43. The molecule has 88 valence electrons. The van der Waals surface area contributed by atoms with Crippen LogP contribution >= 0.6 is 0 Å². The molecule has 0 amide bonds. The predicted octanol–water partition coefficient (Wildman–Crippen LogP) is 2.43. The molecule has 1 atom stereocenters. The van der Waals surface area contributed by atoms with Gasteiger partial charge in [0.25, 0.3) is 0 Å². The van der Waals surface area contributed by atoms with Crippen molar-refractivity contribution in [2.45, 2.75) is 58.5 Å². The highest BCUT2D eigenvalue weighted by Gasteiger charge is 2.48. The summed E-state index contributed by atoms with van der Waals surface area (Å²) in [6.07, 6.45) is 4.24. The molecule has 1 aliphatic carbocycles. The van der Waals surface area contributed by atoms with Crippen LogP contribution in [0.25, 0.3) is 0 Å². The molecule has 0 radical (unpaired) electrons. The monoisotopic (exact) mass is 214 g/mol. The summed E-state index contributed by atoms with van der Waals surface area (Å²) in [5, 5.41) is 19.7. The molecule has 0 bridgehead atoms. The molecule has 0 saturated heterocycles. The van der Waals surface area contributed by atoms with Gasteiger partial charge in [0.15, 0.2) is 0 Å². The van der Waals surface area contributed by atoms with Gasteiger partial charge >= 0.3 is 5.97 Å². The zero-order valence-corrected chi connectivity index (χ0v) is 9.92. The Balaban J connectivity index is 2.92. The number of carboxylic acids is 1. The van der Waals surface area contributed by atoms with E-state index in [9.17, 15) is 15.0 Å². The topological polar surface area (TPSA) is 57.5 Å². The number of carbonyl (C=O) groups is 1. The molecular formula is C12H22O3. The maximum atomic E-state index is 11.3. The Morgan fingerprint density at radius 2 is 1.67 bits per heavy atom. The molecule has 1 saturated carbocycles. The van der Waals surface area contributed by atoms with Gasteiger partial charge in [0, 0.05) is 0 Å². The van der Waals surface area contributed by atoms with E-state index in [-0.39, 0.29) is 0 Å². The summed E-state index contributed by atoms with van der Waals surface area (Å²) in [7, 11) is 0. The molecule has 0 aromatic rings. The van der Waals surface area contributed by atoms with Crippen molar-refractivity contribution in [1.82, 2.24) is 0 Å². The van der Waals surface area contributed by atoms with E-state index in [0.29, 0.717) is 12.8 Å². The molecule has 3 heteroatoms. The molecular weight excluding hydrogens is 192 g/mol. The van der Waals surface area contributed by atoms with Crippen molar-refractivity contribution in [1.29, 1.82) is 0 Å². The first-order valence-corrected chi connectivity index (χ1v) is 5.72. The third-order valence-electron chi connectivity index (χ3n) is 3.37. The minimum Gasteiger partial charge on any atom is -0.481 e. The second-order valence-electron chi connectivity index (χ2n) is 5.80. The second-order valence-corrected chi connectivity index (χ2v) is 5.80. The summed E-state index contributed by atoms with van der Waals surface area (Å²) in [5.41, 5.74) is -1.39. The van der Waals surface area contributed by atoms with Gasteiger partial charge in [-0.25, -0.2) is 0 Å².